The van der Waals surface area contributed by atoms with E-state index in [1.165, 1.54) is 10.6 Å². The second kappa shape index (κ2) is 10.2. The van der Waals surface area contributed by atoms with Crippen LogP contribution in [0.4, 0.5) is 19.0 Å². The summed E-state index contributed by atoms with van der Waals surface area (Å²) >= 11 is 0. The average Bonchev–Trinajstić information content (AvgIpc) is 3.40. The number of halogens is 3. The fourth-order valence-corrected chi connectivity index (χ4v) is 4.55. The van der Waals surface area contributed by atoms with E-state index in [1.807, 2.05) is 19.9 Å². The van der Waals surface area contributed by atoms with Crippen LogP contribution in [-0.2, 0) is 6.18 Å². The minimum absolute atomic E-state index is 0. The summed E-state index contributed by atoms with van der Waals surface area (Å²) in [5.41, 5.74) is 2.03. The number of aryl methyl sites for hydroxylation is 2. The summed E-state index contributed by atoms with van der Waals surface area (Å²) in [7, 11) is 0. The Labute approximate surface area is 207 Å². The van der Waals surface area contributed by atoms with Crippen LogP contribution in [0.25, 0.3) is 11.3 Å². The van der Waals surface area contributed by atoms with E-state index in [2.05, 4.69) is 25.7 Å². The predicted molar refractivity (Wildman–Crippen MR) is 133 cm³/mol. The Morgan fingerprint density at radius 3 is 2.44 bits per heavy atom. The number of fused-ring (bicyclic) bond motifs is 2. The maximum atomic E-state index is 13.1. The lowest BCUT2D eigenvalue weighted by atomic mass is 9.91. The first-order valence-corrected chi connectivity index (χ1v) is 11.1. The standard InChI is InChI=1S/C23H24F3N7O.2CH4/c1-13-10-14(2)33-21(28-13)17(11-27-33)22(34)30-16-8-6-15(7-9-16)29-19-4-3-5-20-31-18(12-32(19)20)23(24,25)26;;/h3-5,10-12,15-16,29H,6-9H2,1-2H3,(H,30,34);2*1H4. The van der Waals surface area contributed by atoms with E-state index in [4.69, 9.17) is 0 Å². The molecule has 0 aromatic carbocycles. The summed E-state index contributed by atoms with van der Waals surface area (Å²) in [6, 6.07) is 6.97. The predicted octanol–water partition coefficient (Wildman–Crippen LogP) is 5.44. The molecule has 1 aliphatic carbocycles. The molecular formula is C25H32F3N7O. The molecule has 0 bridgehead atoms. The molecule has 11 heteroatoms. The molecule has 1 saturated carbocycles. The number of carbonyl (C=O) groups excluding carboxylic acids is 1. The Morgan fingerprint density at radius 1 is 1.06 bits per heavy atom. The molecule has 0 radical (unpaired) electrons. The smallest absolute Gasteiger partial charge is 0.368 e. The van der Waals surface area contributed by atoms with Crippen molar-refractivity contribution in [3.63, 3.8) is 0 Å². The van der Waals surface area contributed by atoms with Gasteiger partial charge in [-0.3, -0.25) is 9.20 Å². The van der Waals surface area contributed by atoms with Gasteiger partial charge in [0.25, 0.3) is 5.91 Å². The molecule has 36 heavy (non-hydrogen) atoms. The maximum absolute atomic E-state index is 13.1. The van der Waals surface area contributed by atoms with Gasteiger partial charge in [0.2, 0.25) is 0 Å². The van der Waals surface area contributed by atoms with Crippen LogP contribution in [0.15, 0.2) is 36.7 Å². The fraction of sp³-hybridized carbons (Fsp3) is 0.440. The van der Waals surface area contributed by atoms with Gasteiger partial charge in [-0.25, -0.2) is 14.5 Å². The lowest BCUT2D eigenvalue weighted by Gasteiger charge is -2.30. The number of imidazole rings is 1. The summed E-state index contributed by atoms with van der Waals surface area (Å²) < 4.78 is 42.2. The van der Waals surface area contributed by atoms with E-state index in [1.54, 1.807) is 22.7 Å². The number of hydrogen-bond acceptors (Lipinski definition) is 5. The SMILES string of the molecule is C.C.Cc1cc(C)n2ncc(C(=O)NC3CCC(Nc4cccc5nc(C(F)(F)F)cn45)CC3)c2n1. The second-order valence-corrected chi connectivity index (χ2v) is 8.76. The summed E-state index contributed by atoms with van der Waals surface area (Å²) in [5.74, 6) is 0.364. The third kappa shape index (κ3) is 5.14. The quantitative estimate of drug-likeness (QED) is 0.387. The number of pyridine rings is 1. The zero-order valence-corrected chi connectivity index (χ0v) is 18.7. The molecule has 0 unspecified atom stereocenters. The van der Waals surface area contributed by atoms with Gasteiger partial charge >= 0.3 is 6.18 Å². The van der Waals surface area contributed by atoms with Gasteiger partial charge in [0.15, 0.2) is 11.3 Å². The molecule has 1 amide bonds. The van der Waals surface area contributed by atoms with Crippen LogP contribution < -0.4 is 10.6 Å². The first kappa shape index (κ1) is 27.0. The van der Waals surface area contributed by atoms with E-state index in [0.717, 1.165) is 43.3 Å². The molecule has 194 valence electrons. The third-order valence-electron chi connectivity index (χ3n) is 6.22. The molecule has 1 aliphatic rings. The number of nitrogens with zero attached hydrogens (tertiary/aromatic N) is 5. The molecule has 0 saturated heterocycles. The van der Waals surface area contributed by atoms with Gasteiger partial charge in [-0.2, -0.15) is 18.3 Å². The average molecular weight is 504 g/mol. The van der Waals surface area contributed by atoms with Crippen molar-refractivity contribution in [3.8, 4) is 0 Å². The molecule has 1 fully saturated rings. The van der Waals surface area contributed by atoms with E-state index in [9.17, 15) is 18.0 Å². The molecule has 0 aliphatic heterocycles. The van der Waals surface area contributed by atoms with Crippen LogP contribution in [-0.4, -0.2) is 42.0 Å². The number of anilines is 1. The van der Waals surface area contributed by atoms with Crippen LogP contribution >= 0.6 is 0 Å². The highest BCUT2D eigenvalue weighted by molar-refractivity contribution is 5.99. The first-order valence-electron chi connectivity index (χ1n) is 11.1. The van der Waals surface area contributed by atoms with Crippen LogP contribution in [0.3, 0.4) is 0 Å². The maximum Gasteiger partial charge on any atom is 0.434 e. The summed E-state index contributed by atoms with van der Waals surface area (Å²) in [5, 5.41) is 10.7. The Bertz CT molecular complexity index is 1370. The van der Waals surface area contributed by atoms with Gasteiger partial charge in [0, 0.05) is 29.7 Å². The van der Waals surface area contributed by atoms with Crippen molar-refractivity contribution in [2.24, 2.45) is 0 Å². The molecule has 2 N–H and O–H groups in total. The van der Waals surface area contributed by atoms with Gasteiger partial charge < -0.3 is 10.6 Å². The molecule has 0 spiro atoms. The lowest BCUT2D eigenvalue weighted by molar-refractivity contribution is -0.140. The van der Waals surface area contributed by atoms with Crippen LogP contribution in [0.2, 0.25) is 0 Å². The van der Waals surface area contributed by atoms with Gasteiger partial charge in [0.05, 0.1) is 6.20 Å². The van der Waals surface area contributed by atoms with E-state index < -0.39 is 11.9 Å². The highest BCUT2D eigenvalue weighted by Crippen LogP contribution is 2.30. The molecular weight excluding hydrogens is 471 g/mol. The molecule has 0 atom stereocenters. The van der Waals surface area contributed by atoms with Gasteiger partial charge in [0.1, 0.15) is 17.0 Å². The van der Waals surface area contributed by atoms with E-state index in [0.29, 0.717) is 17.0 Å². The largest absolute Gasteiger partial charge is 0.434 e. The monoisotopic (exact) mass is 503 g/mol. The van der Waals surface area contributed by atoms with Crippen molar-refractivity contribution >= 4 is 23.0 Å². The zero-order chi connectivity index (χ0) is 24.0. The minimum atomic E-state index is -4.49. The van der Waals surface area contributed by atoms with Crippen molar-refractivity contribution < 1.29 is 18.0 Å². The van der Waals surface area contributed by atoms with Crippen LogP contribution in [0.1, 0.15) is 68.0 Å². The number of carbonyl (C=O) groups is 1. The summed E-state index contributed by atoms with van der Waals surface area (Å²) in [4.78, 5) is 21.0. The normalized spacial score (nSPS) is 17.9. The van der Waals surface area contributed by atoms with Crippen molar-refractivity contribution in [3.05, 3.63) is 59.3 Å². The lowest BCUT2D eigenvalue weighted by Crippen LogP contribution is -2.40. The Balaban J connectivity index is 0.00000180. The number of nitrogens with one attached hydrogen (secondary N) is 2. The van der Waals surface area contributed by atoms with Crippen molar-refractivity contribution in [2.75, 3.05) is 5.32 Å². The Hall–Kier alpha value is -3.63. The third-order valence-corrected chi connectivity index (χ3v) is 6.22. The summed E-state index contributed by atoms with van der Waals surface area (Å²) in [6.45, 7) is 3.79. The van der Waals surface area contributed by atoms with E-state index in [-0.39, 0.29) is 38.5 Å². The van der Waals surface area contributed by atoms with Gasteiger partial charge in [-0.1, -0.05) is 20.9 Å². The van der Waals surface area contributed by atoms with Crippen LogP contribution in [0, 0.1) is 13.8 Å². The van der Waals surface area contributed by atoms with Crippen molar-refractivity contribution in [2.45, 2.75) is 72.6 Å². The zero-order valence-electron chi connectivity index (χ0n) is 18.7. The topological polar surface area (TPSA) is 88.6 Å². The molecule has 5 rings (SSSR count). The summed E-state index contributed by atoms with van der Waals surface area (Å²) in [6.07, 6.45) is 1.10. The van der Waals surface area contributed by atoms with E-state index >= 15 is 0 Å². The second-order valence-electron chi connectivity index (χ2n) is 8.76. The number of alkyl halides is 3. The van der Waals surface area contributed by atoms with Crippen molar-refractivity contribution in [1.29, 1.82) is 0 Å². The highest BCUT2D eigenvalue weighted by Gasteiger charge is 2.34. The van der Waals surface area contributed by atoms with Crippen molar-refractivity contribution in [1.82, 2.24) is 29.3 Å². The Morgan fingerprint density at radius 2 is 1.75 bits per heavy atom. The van der Waals surface area contributed by atoms with Crippen LogP contribution in [0.5, 0.6) is 0 Å². The number of hydrogen-bond donors (Lipinski definition) is 2. The van der Waals surface area contributed by atoms with Gasteiger partial charge in [-0.15, -0.1) is 0 Å². The fourth-order valence-electron chi connectivity index (χ4n) is 4.55. The number of aromatic nitrogens is 5. The Kier molecular flexibility index (Phi) is 7.61. The first-order chi connectivity index (χ1) is 16.2. The number of rotatable bonds is 4. The van der Waals surface area contributed by atoms with Gasteiger partial charge in [-0.05, 0) is 57.7 Å². The molecule has 4 aromatic heterocycles. The highest BCUT2D eigenvalue weighted by atomic mass is 19.4. The molecule has 8 nitrogen and oxygen atoms in total. The molecule has 4 heterocycles. The molecule has 4 aromatic rings. The number of amides is 1. The minimum Gasteiger partial charge on any atom is -0.368 e.